The summed E-state index contributed by atoms with van der Waals surface area (Å²) >= 11 is 6.08. The third kappa shape index (κ3) is 5.96. The zero-order valence-corrected chi connectivity index (χ0v) is 27.4. The van der Waals surface area contributed by atoms with Crippen molar-refractivity contribution in [1.82, 2.24) is 0 Å². The highest BCUT2D eigenvalue weighted by Gasteiger charge is 2.56. The fraction of sp³-hybridized carbons (Fsp3) is 0.306. The maximum Gasteiger partial charge on any atom is 0.182 e. The number of benzene rings is 4. The van der Waals surface area contributed by atoms with Crippen LogP contribution in [0.5, 0.6) is 5.75 Å². The molecular formula is C36H35ClO6S2. The van der Waals surface area contributed by atoms with E-state index in [1.54, 1.807) is 61.7 Å². The van der Waals surface area contributed by atoms with Crippen LogP contribution in [-0.2, 0) is 24.5 Å². The Morgan fingerprint density at radius 3 is 1.87 bits per heavy atom. The summed E-state index contributed by atoms with van der Waals surface area (Å²) in [7, 11) is -6.29. The van der Waals surface area contributed by atoms with E-state index in [1.165, 1.54) is 12.1 Å². The van der Waals surface area contributed by atoms with Gasteiger partial charge in [-0.15, -0.1) is 0 Å². The van der Waals surface area contributed by atoms with Crippen LogP contribution in [0.3, 0.4) is 0 Å². The fourth-order valence-corrected chi connectivity index (χ4v) is 11.8. The molecule has 2 fully saturated rings. The van der Waals surface area contributed by atoms with Gasteiger partial charge in [0, 0.05) is 29.2 Å². The minimum absolute atomic E-state index is 0.00708. The number of rotatable bonds is 7. The van der Waals surface area contributed by atoms with Gasteiger partial charge in [-0.2, -0.15) is 0 Å². The number of Topliss-reactive ketones (excluding diaryl/α,β-unsaturated/α-hetero) is 1. The zero-order valence-electron chi connectivity index (χ0n) is 25.0. The molecule has 0 aromatic heterocycles. The number of halogens is 1. The molecule has 6 atom stereocenters. The lowest BCUT2D eigenvalue weighted by atomic mass is 9.61. The van der Waals surface area contributed by atoms with Crippen LogP contribution in [0, 0.1) is 18.8 Å². The summed E-state index contributed by atoms with van der Waals surface area (Å²) in [4.78, 5) is 14.4. The van der Waals surface area contributed by atoms with E-state index in [-0.39, 0.29) is 34.8 Å². The van der Waals surface area contributed by atoms with Crippen molar-refractivity contribution in [2.45, 2.75) is 58.3 Å². The van der Waals surface area contributed by atoms with Gasteiger partial charge in [-0.3, -0.25) is 4.79 Å². The number of carbonyl (C=O) groups is 1. The van der Waals surface area contributed by atoms with E-state index in [0.29, 0.717) is 10.8 Å². The van der Waals surface area contributed by atoms with Crippen molar-refractivity contribution in [2.24, 2.45) is 11.8 Å². The molecular weight excluding hydrogens is 628 g/mol. The smallest absolute Gasteiger partial charge is 0.182 e. The number of hydrogen-bond donors (Lipinski definition) is 0. The Kier molecular flexibility index (Phi) is 8.67. The molecule has 2 aliphatic carbocycles. The van der Waals surface area contributed by atoms with Gasteiger partial charge in [-0.1, -0.05) is 71.8 Å². The first-order chi connectivity index (χ1) is 21.5. The van der Waals surface area contributed by atoms with E-state index in [9.17, 15) is 21.6 Å². The van der Waals surface area contributed by atoms with E-state index < -0.39 is 53.8 Å². The molecule has 0 radical (unpaired) electrons. The Morgan fingerprint density at radius 1 is 0.667 bits per heavy atom. The molecule has 4 aromatic carbocycles. The Labute approximate surface area is 270 Å². The molecule has 4 aromatic rings. The van der Waals surface area contributed by atoms with E-state index in [0.717, 1.165) is 16.7 Å². The summed E-state index contributed by atoms with van der Waals surface area (Å²) in [6, 6.07) is 29.4. The molecule has 6 unspecified atom stereocenters. The van der Waals surface area contributed by atoms with Crippen LogP contribution in [0.25, 0.3) is 0 Å². The van der Waals surface area contributed by atoms with Gasteiger partial charge in [0.2, 0.25) is 0 Å². The second kappa shape index (κ2) is 12.4. The largest absolute Gasteiger partial charge is 0.497 e. The summed E-state index contributed by atoms with van der Waals surface area (Å²) in [6.45, 7) is 1.96. The third-order valence-corrected chi connectivity index (χ3v) is 14.5. The molecule has 6 nitrogen and oxygen atoms in total. The number of ether oxygens (including phenoxy) is 1. The number of fused-ring (bicyclic) bond motifs is 1. The van der Waals surface area contributed by atoms with Crippen molar-refractivity contribution in [1.29, 1.82) is 0 Å². The molecule has 9 heteroatoms. The Hall–Kier alpha value is -3.46. The van der Waals surface area contributed by atoms with Gasteiger partial charge in [0.05, 0.1) is 27.4 Å². The third-order valence-electron chi connectivity index (χ3n) is 9.65. The van der Waals surface area contributed by atoms with Crippen LogP contribution in [0.1, 0.15) is 47.8 Å². The highest BCUT2D eigenvalue weighted by Crippen LogP contribution is 2.54. The topological polar surface area (TPSA) is 94.6 Å². The van der Waals surface area contributed by atoms with Crippen molar-refractivity contribution >= 4 is 37.1 Å². The SMILES string of the molecule is COc1ccc(C2CC(=O)C3CC(S(=O)(=O)c4ccc(Cl)cc4)C(c4ccc(C)cc4)CC3C2S(=O)(=O)c2ccccc2)cc1. The lowest BCUT2D eigenvalue weighted by Gasteiger charge is -2.48. The van der Waals surface area contributed by atoms with Crippen LogP contribution in [0.2, 0.25) is 5.02 Å². The van der Waals surface area contributed by atoms with Gasteiger partial charge in [0.1, 0.15) is 11.5 Å². The Morgan fingerprint density at radius 2 is 1.24 bits per heavy atom. The average molecular weight is 663 g/mol. The molecule has 0 saturated heterocycles. The summed E-state index contributed by atoms with van der Waals surface area (Å²) in [5.41, 5.74) is 2.59. The molecule has 234 valence electrons. The number of ketones is 1. The Balaban J connectivity index is 1.50. The normalized spacial score (nSPS) is 25.4. The minimum Gasteiger partial charge on any atom is -0.497 e. The highest BCUT2D eigenvalue weighted by atomic mass is 35.5. The summed E-state index contributed by atoms with van der Waals surface area (Å²) in [5, 5.41) is -1.42. The van der Waals surface area contributed by atoms with Crippen LogP contribution < -0.4 is 4.74 Å². The van der Waals surface area contributed by atoms with Crippen LogP contribution >= 0.6 is 11.6 Å². The van der Waals surface area contributed by atoms with E-state index in [1.807, 2.05) is 43.3 Å². The predicted octanol–water partition coefficient (Wildman–Crippen LogP) is 7.21. The van der Waals surface area contributed by atoms with Crippen molar-refractivity contribution in [3.05, 3.63) is 125 Å². The van der Waals surface area contributed by atoms with Gasteiger partial charge in [-0.05, 0) is 85.3 Å². The first-order valence-corrected chi connectivity index (χ1v) is 18.5. The number of sulfone groups is 2. The monoisotopic (exact) mass is 662 g/mol. The summed E-state index contributed by atoms with van der Waals surface area (Å²) < 4.78 is 63.1. The number of carbonyl (C=O) groups excluding carboxylic acids is 1. The molecule has 0 N–H and O–H groups in total. The highest BCUT2D eigenvalue weighted by molar-refractivity contribution is 7.92. The summed E-state index contributed by atoms with van der Waals surface area (Å²) in [5.74, 6) is -1.91. The second-order valence-electron chi connectivity index (χ2n) is 12.2. The van der Waals surface area contributed by atoms with Crippen LogP contribution in [0.4, 0.5) is 0 Å². The van der Waals surface area contributed by atoms with Gasteiger partial charge in [0.15, 0.2) is 19.7 Å². The van der Waals surface area contributed by atoms with Crippen molar-refractivity contribution in [3.63, 3.8) is 0 Å². The second-order valence-corrected chi connectivity index (χ2v) is 16.9. The maximum atomic E-state index is 14.6. The molecule has 2 aliphatic rings. The molecule has 2 saturated carbocycles. The molecule has 0 spiro atoms. The number of hydrogen-bond acceptors (Lipinski definition) is 6. The van der Waals surface area contributed by atoms with Crippen LogP contribution in [0.15, 0.2) is 113 Å². The number of aryl methyl sites for hydroxylation is 1. The molecule has 45 heavy (non-hydrogen) atoms. The summed E-state index contributed by atoms with van der Waals surface area (Å²) in [6.07, 6.45) is 0.288. The van der Waals surface area contributed by atoms with Gasteiger partial charge in [-0.25, -0.2) is 16.8 Å². The van der Waals surface area contributed by atoms with Gasteiger partial charge >= 0.3 is 0 Å². The molecule has 0 bridgehead atoms. The lowest BCUT2D eigenvalue weighted by Crippen LogP contribution is -2.53. The van der Waals surface area contributed by atoms with Gasteiger partial charge < -0.3 is 4.74 Å². The lowest BCUT2D eigenvalue weighted by molar-refractivity contribution is -0.128. The Bertz CT molecular complexity index is 1890. The van der Waals surface area contributed by atoms with E-state index in [4.69, 9.17) is 16.3 Å². The first-order valence-electron chi connectivity index (χ1n) is 15.0. The zero-order chi connectivity index (χ0) is 31.9. The average Bonchev–Trinajstić information content (AvgIpc) is 3.05. The fourth-order valence-electron chi connectivity index (χ4n) is 7.39. The molecule has 0 heterocycles. The molecule has 6 rings (SSSR count). The standard InChI is InChI=1S/C36H35ClO6S2/c1-23-8-10-24(11-9-23)30-20-33-32(22-35(30)44(39,40)29-18-14-26(37)15-19-29)34(38)21-31(25-12-16-27(43-2)17-13-25)36(33)45(41,42)28-6-4-3-5-7-28/h3-19,30-33,35-36H,20-22H2,1-2H3. The van der Waals surface area contributed by atoms with Crippen molar-refractivity contribution in [2.75, 3.05) is 7.11 Å². The van der Waals surface area contributed by atoms with E-state index >= 15 is 0 Å². The minimum atomic E-state index is -3.94. The van der Waals surface area contributed by atoms with Crippen molar-refractivity contribution in [3.8, 4) is 5.75 Å². The number of methoxy groups -OCH3 is 1. The van der Waals surface area contributed by atoms with Crippen molar-refractivity contribution < 1.29 is 26.4 Å². The maximum absolute atomic E-state index is 14.6. The molecule has 0 amide bonds. The quantitative estimate of drug-likeness (QED) is 0.208. The van der Waals surface area contributed by atoms with Crippen LogP contribution in [-0.4, -0.2) is 40.2 Å². The van der Waals surface area contributed by atoms with E-state index in [2.05, 4.69) is 0 Å². The molecule has 0 aliphatic heterocycles. The first kappa shape index (κ1) is 31.5. The van der Waals surface area contributed by atoms with Gasteiger partial charge in [0.25, 0.3) is 0 Å². The predicted molar refractivity (Wildman–Crippen MR) is 175 cm³/mol.